The van der Waals surface area contributed by atoms with Gasteiger partial charge in [-0.2, -0.15) is 4.98 Å². The van der Waals surface area contributed by atoms with E-state index in [4.69, 9.17) is 26.1 Å². The van der Waals surface area contributed by atoms with E-state index in [1.165, 1.54) is 28.8 Å². The van der Waals surface area contributed by atoms with E-state index in [0.29, 0.717) is 54.6 Å². The van der Waals surface area contributed by atoms with Crippen LogP contribution in [0.1, 0.15) is 74.7 Å². The highest BCUT2D eigenvalue weighted by Crippen LogP contribution is 2.49. The van der Waals surface area contributed by atoms with Crippen LogP contribution in [0, 0.1) is 27.4 Å². The summed E-state index contributed by atoms with van der Waals surface area (Å²) in [7, 11) is -4.69. The summed E-state index contributed by atoms with van der Waals surface area (Å²) in [6.45, 7) is 9.92. The van der Waals surface area contributed by atoms with Gasteiger partial charge >= 0.3 is 0 Å². The van der Waals surface area contributed by atoms with Crippen molar-refractivity contribution in [1.82, 2.24) is 19.6 Å². The van der Waals surface area contributed by atoms with Crippen LogP contribution in [0.4, 0.5) is 37.2 Å². The fourth-order valence-corrected chi connectivity index (χ4v) is 11.9. The number of anilines is 4. The molecule has 0 spiro atoms. The van der Waals surface area contributed by atoms with Gasteiger partial charge in [-0.25, -0.2) is 21.9 Å². The zero-order valence-corrected chi connectivity index (χ0v) is 40.8. The fraction of sp³-hybridized carbons (Fsp3) is 0.451. The van der Waals surface area contributed by atoms with Crippen LogP contribution < -0.4 is 24.6 Å². The second kappa shape index (κ2) is 19.1. The zero-order valence-electron chi connectivity index (χ0n) is 39.2. The van der Waals surface area contributed by atoms with Crippen molar-refractivity contribution >= 4 is 72.6 Å². The van der Waals surface area contributed by atoms with Crippen LogP contribution in [-0.4, -0.2) is 105 Å². The van der Waals surface area contributed by atoms with Crippen molar-refractivity contribution in [2.75, 3.05) is 74.1 Å². The summed E-state index contributed by atoms with van der Waals surface area (Å²) in [6.07, 6.45) is 4.54. The number of carbonyl (C=O) groups excluding carboxylic acids is 1. The summed E-state index contributed by atoms with van der Waals surface area (Å²) in [5.74, 6) is -4.34. The van der Waals surface area contributed by atoms with Gasteiger partial charge in [0.25, 0.3) is 27.5 Å². The molecule has 0 unspecified atom stereocenters. The molecular weight excluding hydrogens is 942 g/mol. The van der Waals surface area contributed by atoms with Gasteiger partial charge in [0.2, 0.25) is 5.88 Å². The quantitative estimate of drug-likeness (QED) is 0.0799. The van der Waals surface area contributed by atoms with Crippen LogP contribution >= 0.6 is 11.6 Å². The lowest BCUT2D eigenvalue weighted by atomic mass is 9.72. The number of nitro benzene ring substituents is 1. The molecule has 2 aliphatic carbocycles. The first kappa shape index (κ1) is 47.8. The SMILES string of the molecule is CC1(C)CCC(CN2CCN(c3ccc(C(=O)NS(=O)(=O)c4ccc(NCC5CCOCC5)c([N+](=O)[O-])c4)c(N4C[C@@H]5CC(F)(F)C[C@@H]5Oc5nc6[nH]ccc6cc54)c3)CC2)=C(c2ccc(Cl)cc2)C1. The van der Waals surface area contributed by atoms with E-state index >= 15 is 8.78 Å². The Bertz CT molecular complexity index is 2950. The first-order valence-corrected chi connectivity index (χ1v) is 25.9. The van der Waals surface area contributed by atoms with E-state index in [0.717, 1.165) is 63.5 Å². The van der Waals surface area contributed by atoms with E-state index in [1.54, 1.807) is 23.2 Å². The predicted molar refractivity (Wildman–Crippen MR) is 266 cm³/mol. The number of nitro groups is 1. The van der Waals surface area contributed by atoms with E-state index in [1.807, 2.05) is 30.3 Å². The lowest BCUT2D eigenvalue weighted by molar-refractivity contribution is -0.384. The maximum absolute atomic E-state index is 15.2. The average molecular weight is 1000 g/mol. The third-order valence-corrected chi connectivity index (χ3v) is 16.3. The third kappa shape index (κ3) is 10.2. The topological polar surface area (TPSA) is 175 Å². The summed E-state index contributed by atoms with van der Waals surface area (Å²) < 4.78 is 72.5. The Hall–Kier alpha value is -5.82. The summed E-state index contributed by atoms with van der Waals surface area (Å²) in [5.41, 5.74) is 5.77. The van der Waals surface area contributed by atoms with Gasteiger partial charge in [-0.1, -0.05) is 43.2 Å². The van der Waals surface area contributed by atoms with Gasteiger partial charge in [-0.05, 0) is 109 Å². The normalized spacial score (nSPS) is 21.7. The molecule has 3 fully saturated rings. The molecule has 1 amide bonds. The Balaban J connectivity index is 0.962. The largest absolute Gasteiger partial charge is 0.472 e. The summed E-state index contributed by atoms with van der Waals surface area (Å²) >= 11 is 6.28. The lowest BCUT2D eigenvalue weighted by Gasteiger charge is -2.39. The number of benzene rings is 3. The van der Waals surface area contributed by atoms with Gasteiger partial charge in [-0.15, -0.1) is 0 Å². The molecule has 70 heavy (non-hydrogen) atoms. The van der Waals surface area contributed by atoms with Crippen LogP contribution in [0.3, 0.4) is 0 Å². The maximum atomic E-state index is 15.2. The molecular formula is C51H57ClF2N8O7S. The summed E-state index contributed by atoms with van der Waals surface area (Å²) in [5, 5.41) is 16.8. The van der Waals surface area contributed by atoms with E-state index in [2.05, 4.69) is 50.8 Å². The number of piperazine rings is 1. The van der Waals surface area contributed by atoms with Gasteiger partial charge in [0.1, 0.15) is 23.1 Å². The van der Waals surface area contributed by atoms with Crippen LogP contribution in [0.15, 0.2) is 89.5 Å². The molecule has 2 atom stereocenters. The number of nitrogens with zero attached hydrogens (tertiary/aromatic N) is 5. The van der Waals surface area contributed by atoms with Gasteiger partial charge in [-0.3, -0.25) is 19.8 Å². The molecule has 3 aromatic carbocycles. The number of amides is 1. The minimum Gasteiger partial charge on any atom is -0.472 e. The number of nitrogens with one attached hydrogen (secondary N) is 3. The first-order chi connectivity index (χ1) is 33.5. The second-order valence-electron chi connectivity index (χ2n) is 20.2. The number of hydrogen-bond acceptors (Lipinski definition) is 12. The Morgan fingerprint density at radius 3 is 2.51 bits per heavy atom. The Kier molecular flexibility index (Phi) is 13.0. The number of fused-ring (bicyclic) bond motifs is 3. The molecule has 15 nitrogen and oxygen atoms in total. The fourth-order valence-electron chi connectivity index (χ4n) is 10.8. The van der Waals surface area contributed by atoms with Crippen molar-refractivity contribution in [3.63, 3.8) is 0 Å². The van der Waals surface area contributed by atoms with Gasteiger partial charge in [0.05, 0.1) is 21.1 Å². The van der Waals surface area contributed by atoms with Gasteiger partial charge in [0, 0.05) is 106 Å². The van der Waals surface area contributed by atoms with Gasteiger partial charge < -0.3 is 29.6 Å². The van der Waals surface area contributed by atoms with Crippen LogP contribution in [0.5, 0.6) is 5.88 Å². The monoisotopic (exact) mass is 998 g/mol. The number of hydrogen-bond donors (Lipinski definition) is 3. The Morgan fingerprint density at radius 2 is 1.76 bits per heavy atom. The van der Waals surface area contributed by atoms with Crippen molar-refractivity contribution in [3.05, 3.63) is 111 Å². The van der Waals surface area contributed by atoms with Crippen LogP contribution in [0.25, 0.3) is 16.6 Å². The molecule has 2 saturated heterocycles. The maximum Gasteiger partial charge on any atom is 0.293 e. The number of alkyl halides is 2. The Labute approximate surface area is 410 Å². The molecule has 370 valence electrons. The smallest absolute Gasteiger partial charge is 0.293 e. The molecule has 0 bridgehead atoms. The summed E-state index contributed by atoms with van der Waals surface area (Å²) in [4.78, 5) is 39.9. The van der Waals surface area contributed by atoms with Crippen LogP contribution in [-0.2, 0) is 14.8 Å². The van der Waals surface area contributed by atoms with E-state index in [9.17, 15) is 23.3 Å². The third-order valence-electron chi connectivity index (χ3n) is 14.7. The van der Waals surface area contributed by atoms with E-state index in [-0.39, 0.29) is 40.7 Å². The number of allylic oxidation sites excluding steroid dienone is 1. The number of halogens is 3. The number of pyridine rings is 1. The number of H-pyrrole nitrogens is 1. The number of sulfonamides is 1. The van der Waals surface area contributed by atoms with Crippen molar-refractivity contribution in [2.45, 2.75) is 75.7 Å². The number of aromatic amines is 1. The molecule has 5 aliphatic rings. The predicted octanol–water partition coefficient (Wildman–Crippen LogP) is 9.81. The molecule has 5 heterocycles. The lowest BCUT2D eigenvalue weighted by Crippen LogP contribution is -2.47. The highest BCUT2D eigenvalue weighted by molar-refractivity contribution is 7.90. The number of rotatable bonds is 12. The summed E-state index contributed by atoms with van der Waals surface area (Å²) in [6, 6.07) is 20.4. The van der Waals surface area contributed by atoms with Crippen molar-refractivity contribution in [1.29, 1.82) is 0 Å². The molecule has 3 N–H and O–H groups in total. The molecule has 19 heteroatoms. The molecule has 2 aromatic heterocycles. The first-order valence-electron chi connectivity index (χ1n) is 24.0. The minimum absolute atomic E-state index is 0.0194. The van der Waals surface area contributed by atoms with Gasteiger partial charge in [0.15, 0.2) is 0 Å². The van der Waals surface area contributed by atoms with E-state index < -0.39 is 62.2 Å². The second-order valence-corrected chi connectivity index (χ2v) is 22.3. The number of ether oxygens (including phenoxy) is 2. The molecule has 1 saturated carbocycles. The zero-order chi connectivity index (χ0) is 49.0. The number of aromatic nitrogens is 2. The average Bonchev–Trinajstić information content (AvgIpc) is 3.88. The minimum atomic E-state index is -4.69. The highest BCUT2D eigenvalue weighted by Gasteiger charge is 2.50. The number of carbonyl (C=O) groups is 1. The molecule has 0 radical (unpaired) electrons. The molecule has 10 rings (SSSR count). The van der Waals surface area contributed by atoms with Crippen molar-refractivity contribution in [2.24, 2.45) is 17.3 Å². The van der Waals surface area contributed by atoms with Crippen molar-refractivity contribution in [3.8, 4) is 5.88 Å². The molecule has 5 aromatic rings. The van der Waals surface area contributed by atoms with Crippen LogP contribution in [0.2, 0.25) is 5.02 Å². The Morgan fingerprint density at radius 1 is 0.986 bits per heavy atom. The molecule has 3 aliphatic heterocycles. The van der Waals surface area contributed by atoms with Crippen molar-refractivity contribution < 1.29 is 36.4 Å². The highest BCUT2D eigenvalue weighted by atomic mass is 35.5. The standard InChI is InChI=1S/C51H57ClF2N8O7S/c1-50(2)15-11-35(41(27-50)33-3-5-37(52)6-4-33)30-59-17-19-60(20-18-59)38-7-9-40(48(63)58-70(66,67)39-8-10-42(44(25-39)62(64)65)56-29-32-13-21-68-22-14-32)43(24-38)61-31-36-26-51(53,54)28-46(36)69-49-45(61)23-34-12-16-55-47(34)57-49/h3-10,12,16,23-25,32,36,46,56H,11,13-15,17-22,26-31H2,1-2H3,(H,55,57)(H,58,63)/t36-,46-/m0/s1.